The third kappa shape index (κ3) is 2.19. The van der Waals surface area contributed by atoms with Crippen molar-refractivity contribution in [3.05, 3.63) is 0 Å². The van der Waals surface area contributed by atoms with Crippen molar-refractivity contribution in [1.82, 2.24) is 10.2 Å². The van der Waals surface area contributed by atoms with Crippen LogP contribution in [0.1, 0.15) is 33.1 Å². The number of β-amino-alcohol motifs (C(OH)–C–C–N with tert-alkyl or cyclic N) is 1. The van der Waals surface area contributed by atoms with Crippen LogP contribution in [0.5, 0.6) is 0 Å². The summed E-state index contributed by atoms with van der Waals surface area (Å²) in [5.41, 5.74) is -0.497. The van der Waals surface area contributed by atoms with Gasteiger partial charge in [-0.15, -0.1) is 0 Å². The molecule has 2 saturated heterocycles. The lowest BCUT2D eigenvalue weighted by atomic mass is 9.82. The van der Waals surface area contributed by atoms with Crippen LogP contribution in [0.25, 0.3) is 0 Å². The quantitative estimate of drug-likeness (QED) is 0.676. The molecule has 4 atom stereocenters. The molecule has 88 valence electrons. The van der Waals surface area contributed by atoms with Crippen molar-refractivity contribution in [2.45, 2.75) is 50.8 Å². The van der Waals surface area contributed by atoms with Crippen LogP contribution >= 0.6 is 0 Å². The molecule has 2 heterocycles. The Morgan fingerprint density at radius 1 is 1.40 bits per heavy atom. The number of likely N-dealkylation sites (N-methyl/N-ethyl adjacent to an activating group) is 1. The molecule has 2 fully saturated rings. The summed E-state index contributed by atoms with van der Waals surface area (Å²) in [6.45, 7) is 6.37. The minimum atomic E-state index is -0.497. The van der Waals surface area contributed by atoms with Gasteiger partial charge in [0.05, 0.1) is 5.60 Å². The predicted octanol–water partition coefficient (Wildman–Crippen LogP) is 0.830. The molecule has 2 aliphatic heterocycles. The Morgan fingerprint density at radius 3 is 2.67 bits per heavy atom. The number of hydrogen-bond acceptors (Lipinski definition) is 3. The van der Waals surface area contributed by atoms with Crippen LogP contribution in [-0.2, 0) is 0 Å². The molecule has 4 unspecified atom stereocenters. The molecule has 0 aromatic rings. The van der Waals surface area contributed by atoms with Gasteiger partial charge in [0.1, 0.15) is 0 Å². The van der Waals surface area contributed by atoms with Crippen molar-refractivity contribution in [3.8, 4) is 0 Å². The summed E-state index contributed by atoms with van der Waals surface area (Å²) in [6, 6.07) is 0.808. The molecule has 0 saturated carbocycles. The van der Waals surface area contributed by atoms with Gasteiger partial charge in [0.25, 0.3) is 0 Å². The van der Waals surface area contributed by atoms with E-state index >= 15 is 0 Å². The molecule has 3 nitrogen and oxygen atoms in total. The van der Waals surface area contributed by atoms with Crippen LogP contribution in [0.3, 0.4) is 0 Å². The zero-order valence-electron chi connectivity index (χ0n) is 10.2. The van der Waals surface area contributed by atoms with E-state index in [4.69, 9.17) is 0 Å². The maximum absolute atomic E-state index is 10.7. The molecule has 3 heteroatoms. The zero-order valence-corrected chi connectivity index (χ0v) is 10.2. The second-order valence-corrected chi connectivity index (χ2v) is 5.71. The fraction of sp³-hybridized carbons (Fsp3) is 1.00. The number of likely N-dealkylation sites (tertiary alicyclic amines) is 1. The van der Waals surface area contributed by atoms with Crippen LogP contribution in [0.15, 0.2) is 0 Å². The number of rotatable bonds is 1. The Morgan fingerprint density at radius 2 is 2.13 bits per heavy atom. The Balaban J connectivity index is 2.03. The highest BCUT2D eigenvalue weighted by Crippen LogP contribution is 2.33. The average molecular weight is 212 g/mol. The van der Waals surface area contributed by atoms with E-state index in [9.17, 15) is 5.11 Å². The molecule has 0 radical (unpaired) electrons. The Kier molecular flexibility index (Phi) is 3.06. The molecule has 2 N–H and O–H groups in total. The monoisotopic (exact) mass is 212 g/mol. The van der Waals surface area contributed by atoms with Crippen LogP contribution in [-0.4, -0.2) is 47.8 Å². The number of piperidine rings is 1. The van der Waals surface area contributed by atoms with Crippen molar-refractivity contribution in [3.63, 3.8) is 0 Å². The molecular formula is C12H24N2O. The van der Waals surface area contributed by atoms with Crippen molar-refractivity contribution in [2.24, 2.45) is 5.92 Å². The highest BCUT2D eigenvalue weighted by atomic mass is 16.3. The summed E-state index contributed by atoms with van der Waals surface area (Å²) in [5.74, 6) is 0.751. The first kappa shape index (κ1) is 11.4. The molecule has 0 spiro atoms. The van der Waals surface area contributed by atoms with Crippen LogP contribution in [0.2, 0.25) is 0 Å². The molecule has 0 aromatic heterocycles. The maximum Gasteiger partial charge on any atom is 0.0940 e. The van der Waals surface area contributed by atoms with E-state index in [0.717, 1.165) is 31.8 Å². The van der Waals surface area contributed by atoms with Gasteiger partial charge in [-0.05, 0) is 45.7 Å². The van der Waals surface area contributed by atoms with E-state index in [1.54, 1.807) is 0 Å². The Hall–Kier alpha value is -0.120. The fourth-order valence-electron chi connectivity index (χ4n) is 3.09. The highest BCUT2D eigenvalue weighted by Gasteiger charge is 2.45. The second-order valence-electron chi connectivity index (χ2n) is 5.71. The number of aliphatic hydroxyl groups is 1. The maximum atomic E-state index is 10.7. The molecule has 0 amide bonds. The van der Waals surface area contributed by atoms with E-state index in [1.165, 1.54) is 6.42 Å². The van der Waals surface area contributed by atoms with Crippen molar-refractivity contribution in [1.29, 1.82) is 0 Å². The second kappa shape index (κ2) is 4.04. The Bertz CT molecular complexity index is 222. The van der Waals surface area contributed by atoms with Gasteiger partial charge in [-0.3, -0.25) is 0 Å². The van der Waals surface area contributed by atoms with Crippen molar-refractivity contribution >= 4 is 0 Å². The van der Waals surface area contributed by atoms with Crippen molar-refractivity contribution < 1.29 is 5.11 Å². The Labute approximate surface area is 92.8 Å². The summed E-state index contributed by atoms with van der Waals surface area (Å²) in [4.78, 5) is 2.26. The van der Waals surface area contributed by atoms with Gasteiger partial charge in [0, 0.05) is 18.6 Å². The molecule has 0 aromatic carbocycles. The van der Waals surface area contributed by atoms with Gasteiger partial charge in [0.2, 0.25) is 0 Å². The SMILES string of the molecule is CC1CCNC(C2(O)CC(C)N(C)C2)C1. The molecule has 2 aliphatic rings. The number of nitrogens with zero attached hydrogens (tertiary/aromatic N) is 1. The molecule has 0 bridgehead atoms. The third-order valence-corrected chi connectivity index (χ3v) is 4.24. The normalized spacial score (nSPS) is 48.4. The minimum absolute atomic E-state index is 0.300. The first-order valence-electron chi connectivity index (χ1n) is 6.17. The van der Waals surface area contributed by atoms with E-state index < -0.39 is 5.60 Å². The van der Waals surface area contributed by atoms with E-state index in [-0.39, 0.29) is 0 Å². The largest absolute Gasteiger partial charge is 0.387 e. The summed E-state index contributed by atoms with van der Waals surface area (Å²) < 4.78 is 0. The standard InChI is InChI=1S/C12H24N2O/c1-9-4-5-13-11(6-9)12(15)7-10(2)14(3)8-12/h9-11,13,15H,4-8H2,1-3H3. The number of nitrogens with one attached hydrogen (secondary N) is 1. The van der Waals surface area contributed by atoms with Gasteiger partial charge >= 0.3 is 0 Å². The zero-order chi connectivity index (χ0) is 11.1. The van der Waals surface area contributed by atoms with Gasteiger partial charge in [-0.25, -0.2) is 0 Å². The molecule has 15 heavy (non-hydrogen) atoms. The van der Waals surface area contributed by atoms with Gasteiger partial charge in [-0.2, -0.15) is 0 Å². The van der Waals surface area contributed by atoms with Crippen LogP contribution < -0.4 is 5.32 Å². The summed E-state index contributed by atoms with van der Waals surface area (Å²) in [6.07, 6.45) is 3.28. The fourth-order valence-corrected chi connectivity index (χ4v) is 3.09. The highest BCUT2D eigenvalue weighted by molar-refractivity contribution is 5.02. The molecular weight excluding hydrogens is 188 g/mol. The molecule has 2 rings (SSSR count). The lowest BCUT2D eigenvalue weighted by Gasteiger charge is -2.38. The van der Waals surface area contributed by atoms with E-state index in [2.05, 4.69) is 31.1 Å². The minimum Gasteiger partial charge on any atom is -0.387 e. The lowest BCUT2D eigenvalue weighted by Crippen LogP contribution is -2.55. The average Bonchev–Trinajstić information content (AvgIpc) is 2.42. The van der Waals surface area contributed by atoms with E-state index in [0.29, 0.717) is 12.1 Å². The molecule has 0 aliphatic carbocycles. The first-order valence-corrected chi connectivity index (χ1v) is 6.17. The van der Waals surface area contributed by atoms with Gasteiger partial charge in [-0.1, -0.05) is 6.92 Å². The van der Waals surface area contributed by atoms with Crippen molar-refractivity contribution in [2.75, 3.05) is 20.1 Å². The third-order valence-electron chi connectivity index (χ3n) is 4.24. The summed E-state index contributed by atoms with van der Waals surface area (Å²) >= 11 is 0. The first-order chi connectivity index (χ1) is 7.01. The van der Waals surface area contributed by atoms with E-state index in [1.807, 2.05) is 0 Å². The number of hydrogen-bond donors (Lipinski definition) is 2. The lowest BCUT2D eigenvalue weighted by molar-refractivity contribution is -0.00318. The smallest absolute Gasteiger partial charge is 0.0940 e. The van der Waals surface area contributed by atoms with Crippen LogP contribution in [0, 0.1) is 5.92 Å². The van der Waals surface area contributed by atoms with Crippen LogP contribution in [0.4, 0.5) is 0 Å². The summed E-state index contributed by atoms with van der Waals surface area (Å²) in [7, 11) is 2.11. The van der Waals surface area contributed by atoms with Gasteiger partial charge in [0.15, 0.2) is 0 Å². The predicted molar refractivity (Wildman–Crippen MR) is 61.8 cm³/mol. The summed E-state index contributed by atoms with van der Waals surface area (Å²) in [5, 5.41) is 14.2. The topological polar surface area (TPSA) is 35.5 Å². The van der Waals surface area contributed by atoms with Gasteiger partial charge < -0.3 is 15.3 Å².